The number of halogens is 4. The van der Waals surface area contributed by atoms with Gasteiger partial charge in [-0.2, -0.15) is 8.78 Å². The number of rotatable bonds is 13. The number of carbonyl (C=O) groups excluding carboxylic acids is 2. The molecule has 2 aromatic heterocycles. The minimum Gasteiger partial charge on any atom is -0.870 e. The highest BCUT2D eigenvalue weighted by Crippen LogP contribution is 2.37. The summed E-state index contributed by atoms with van der Waals surface area (Å²) in [6, 6.07) is 14.6. The van der Waals surface area contributed by atoms with Gasteiger partial charge in [0.2, 0.25) is 0 Å². The van der Waals surface area contributed by atoms with Gasteiger partial charge >= 0.3 is 18.7 Å². The van der Waals surface area contributed by atoms with Crippen LogP contribution in [0.3, 0.4) is 0 Å². The van der Waals surface area contributed by atoms with Gasteiger partial charge in [0.05, 0.1) is 30.1 Å². The minimum atomic E-state index is -3.07. The summed E-state index contributed by atoms with van der Waals surface area (Å²) in [5, 5.41) is 0.638. The Morgan fingerprint density at radius 1 is 1.00 bits per heavy atom. The number of nitrogens with zero attached hydrogens (tertiary/aromatic N) is 3. The predicted octanol–water partition coefficient (Wildman–Crippen LogP) is 7.79. The molecule has 282 valence electrons. The summed E-state index contributed by atoms with van der Waals surface area (Å²) in [5.41, 5.74) is 2.52. The van der Waals surface area contributed by atoms with E-state index < -0.39 is 24.8 Å². The summed E-state index contributed by atoms with van der Waals surface area (Å²) < 4.78 is 48.9. The predicted molar refractivity (Wildman–Crippen MR) is 192 cm³/mol. The monoisotopic (exact) mass is 772 g/mol. The summed E-state index contributed by atoms with van der Waals surface area (Å²) in [6.45, 7) is 3.40. The van der Waals surface area contributed by atoms with Gasteiger partial charge in [0.25, 0.3) is 0 Å². The van der Waals surface area contributed by atoms with Gasteiger partial charge in [0.1, 0.15) is 22.3 Å². The lowest BCUT2D eigenvalue weighted by molar-refractivity contribution is -0.377. The van der Waals surface area contributed by atoms with E-state index in [-0.39, 0.29) is 47.7 Å². The van der Waals surface area contributed by atoms with E-state index in [9.17, 15) is 18.4 Å². The van der Waals surface area contributed by atoms with Crippen LogP contribution in [-0.2, 0) is 22.4 Å². The third-order valence-electron chi connectivity index (χ3n) is 9.11. The van der Waals surface area contributed by atoms with Gasteiger partial charge in [0.15, 0.2) is 23.9 Å². The van der Waals surface area contributed by atoms with E-state index in [0.717, 1.165) is 38.0 Å². The molecule has 0 unspecified atom stereocenters. The standard InChI is InChI=1S/C38H38Cl2F2N4O6.H2O/c1-23(2)49-34-16-27(9-10-32(34)51-37(41)42)33(17-29-30(39)19-44-20-31(29)40)50-36(47)26-7-5-24(6-8-26)21-46(28-4-3-13-43-18-28)38(48)52-35-22-45-14-11-25(35)12-15-45;/h3-10,13,16,18-20,23,25,33,35,37H,11-12,14-15,17,21-22H2,1-2H3;1H2/t33-,35-;/m0./s1. The number of hydrogen-bond donors (Lipinski definition) is 0. The van der Waals surface area contributed by atoms with Crippen LogP contribution in [-0.4, -0.2) is 65.9 Å². The van der Waals surface area contributed by atoms with Crippen LogP contribution in [0.1, 0.15) is 59.8 Å². The lowest BCUT2D eigenvalue weighted by Gasteiger charge is -2.44. The van der Waals surface area contributed by atoms with E-state index in [4.69, 9.17) is 37.4 Å². The average molecular weight is 774 g/mol. The fraction of sp³-hybridized carbons (Fsp3) is 0.368. The average Bonchev–Trinajstić information content (AvgIpc) is 3.13. The Balaban J connectivity index is 0.00000541. The Kier molecular flexibility index (Phi) is 13.4. The van der Waals surface area contributed by atoms with Crippen molar-refractivity contribution in [2.75, 3.05) is 24.5 Å². The molecule has 0 radical (unpaired) electrons. The summed E-state index contributed by atoms with van der Waals surface area (Å²) in [5.74, 6) is -0.408. The van der Waals surface area contributed by atoms with Crippen LogP contribution in [0, 0.1) is 5.92 Å². The van der Waals surface area contributed by atoms with E-state index in [2.05, 4.69) is 19.6 Å². The molecule has 0 aliphatic carbocycles. The molecule has 1 amide bonds. The molecule has 2 aromatic carbocycles. The molecule has 3 aliphatic rings. The molecule has 11 nitrogen and oxygen atoms in total. The quantitative estimate of drug-likeness (QED) is 0.125. The van der Waals surface area contributed by atoms with Crippen LogP contribution in [0.25, 0.3) is 0 Å². The van der Waals surface area contributed by atoms with Crippen LogP contribution in [0.2, 0.25) is 10.0 Å². The Morgan fingerprint density at radius 2 is 1.72 bits per heavy atom. The number of benzene rings is 2. The number of aromatic nitrogens is 2. The summed E-state index contributed by atoms with van der Waals surface area (Å²) >= 11 is 12.9. The highest BCUT2D eigenvalue weighted by Gasteiger charge is 2.37. The van der Waals surface area contributed by atoms with Gasteiger partial charge in [-0.3, -0.25) is 14.8 Å². The summed E-state index contributed by atoms with van der Waals surface area (Å²) in [4.78, 5) is 38.2. The van der Waals surface area contributed by atoms with Gasteiger partial charge in [-0.1, -0.05) is 41.4 Å². The molecular formula is C38H40Cl2F2N4O7. The normalized spacial score (nSPS) is 18.2. The number of esters is 1. The zero-order chi connectivity index (χ0) is 36.8. The first kappa shape index (κ1) is 39.6. The number of nitrogens with one attached hydrogen (secondary N) is 1. The molecule has 7 rings (SSSR count). The molecular weight excluding hydrogens is 733 g/mol. The van der Waals surface area contributed by atoms with Gasteiger partial charge < -0.3 is 24.4 Å². The van der Waals surface area contributed by atoms with Crippen LogP contribution in [0.4, 0.5) is 19.3 Å². The number of alkyl halides is 2. The molecule has 53 heavy (non-hydrogen) atoms. The molecule has 2 bridgehead atoms. The lowest BCUT2D eigenvalue weighted by Crippen LogP contribution is -2.53. The van der Waals surface area contributed by atoms with E-state index in [1.165, 1.54) is 23.1 Å². The zero-order valence-electron chi connectivity index (χ0n) is 29.1. The van der Waals surface area contributed by atoms with E-state index >= 15 is 0 Å². The number of amides is 1. The second-order valence-electron chi connectivity index (χ2n) is 13.0. The number of aromatic amines is 1. The fourth-order valence-corrected chi connectivity index (χ4v) is 7.02. The van der Waals surface area contributed by atoms with Crippen molar-refractivity contribution in [1.82, 2.24) is 9.88 Å². The SMILES string of the molecule is CC(C)Oc1cc([C@H](Cc2c(Cl)c[nH+]cc2Cl)OC(=O)c2ccc(CN(C(=O)O[C@H]3CN4CCC3CC4)c3cccnc3)cc2)ccc1OC(F)F.[OH-]. The van der Waals surface area contributed by atoms with E-state index in [1.807, 2.05) is 0 Å². The maximum atomic E-state index is 13.7. The highest BCUT2D eigenvalue weighted by atomic mass is 35.5. The van der Waals surface area contributed by atoms with Gasteiger partial charge in [-0.05, 0) is 93.2 Å². The van der Waals surface area contributed by atoms with Gasteiger partial charge in [0, 0.05) is 24.7 Å². The first-order valence-corrected chi connectivity index (χ1v) is 17.8. The molecule has 2 N–H and O–H groups in total. The maximum absolute atomic E-state index is 13.7. The number of carbonyl (C=O) groups is 2. The molecule has 15 heteroatoms. The number of ether oxygens (including phenoxy) is 4. The summed E-state index contributed by atoms with van der Waals surface area (Å²) in [7, 11) is 0. The largest absolute Gasteiger partial charge is 0.870 e. The van der Waals surface area contributed by atoms with Crippen molar-refractivity contribution in [3.63, 3.8) is 0 Å². The Hall–Kier alpha value is -4.56. The Morgan fingerprint density at radius 3 is 2.32 bits per heavy atom. The number of fused-ring (bicyclic) bond motifs is 3. The molecule has 3 saturated heterocycles. The zero-order valence-corrected chi connectivity index (χ0v) is 30.6. The van der Waals surface area contributed by atoms with E-state index in [0.29, 0.717) is 32.8 Å². The number of H-pyrrole nitrogens is 1. The number of hydrogen-bond acceptors (Lipinski definition) is 9. The van der Waals surface area contributed by atoms with Crippen molar-refractivity contribution in [3.05, 3.63) is 112 Å². The lowest BCUT2D eigenvalue weighted by atomic mass is 9.86. The molecule has 4 aromatic rings. The van der Waals surface area contributed by atoms with Crippen molar-refractivity contribution in [2.24, 2.45) is 5.92 Å². The molecule has 3 aliphatic heterocycles. The van der Waals surface area contributed by atoms with E-state index in [1.54, 1.807) is 75.0 Å². The van der Waals surface area contributed by atoms with Crippen LogP contribution < -0.4 is 19.4 Å². The van der Waals surface area contributed by atoms with Crippen molar-refractivity contribution >= 4 is 41.0 Å². The topological polar surface area (TPSA) is 135 Å². The Labute approximate surface area is 316 Å². The minimum absolute atomic E-state index is 0. The molecule has 3 fully saturated rings. The second-order valence-corrected chi connectivity index (χ2v) is 13.8. The molecule has 0 spiro atoms. The third-order valence-corrected chi connectivity index (χ3v) is 9.78. The van der Waals surface area contributed by atoms with Crippen LogP contribution >= 0.6 is 23.2 Å². The second kappa shape index (κ2) is 18.0. The Bertz CT molecular complexity index is 1830. The van der Waals surface area contributed by atoms with Gasteiger partial charge in [-0.15, -0.1) is 0 Å². The number of pyridine rings is 2. The molecule has 0 saturated carbocycles. The maximum Gasteiger partial charge on any atom is 0.414 e. The molecule has 5 heterocycles. The number of piperidine rings is 3. The van der Waals surface area contributed by atoms with Crippen molar-refractivity contribution in [2.45, 2.75) is 64.6 Å². The van der Waals surface area contributed by atoms with Crippen LogP contribution in [0.5, 0.6) is 11.5 Å². The van der Waals surface area contributed by atoms with Crippen molar-refractivity contribution in [1.29, 1.82) is 0 Å². The smallest absolute Gasteiger partial charge is 0.414 e. The van der Waals surface area contributed by atoms with Crippen LogP contribution in [0.15, 0.2) is 79.4 Å². The number of anilines is 1. The third kappa shape index (κ3) is 10.1. The fourth-order valence-electron chi connectivity index (χ4n) is 6.49. The van der Waals surface area contributed by atoms with Crippen molar-refractivity contribution in [3.8, 4) is 11.5 Å². The first-order chi connectivity index (χ1) is 25.0. The highest BCUT2D eigenvalue weighted by molar-refractivity contribution is 6.35. The molecule has 2 atom stereocenters. The summed E-state index contributed by atoms with van der Waals surface area (Å²) in [6.07, 6.45) is 6.49. The van der Waals surface area contributed by atoms with Gasteiger partial charge in [-0.25, -0.2) is 14.6 Å². The first-order valence-electron chi connectivity index (χ1n) is 17.0. The van der Waals surface area contributed by atoms with Crippen molar-refractivity contribution < 1.29 is 47.8 Å².